The van der Waals surface area contributed by atoms with Crippen molar-refractivity contribution in [2.24, 2.45) is 17.1 Å². The average Bonchev–Trinajstić information content (AvgIpc) is 2.92. The molecular formula is C19H30ClN3O2. The quantitative estimate of drug-likeness (QED) is 0.858. The molecule has 0 bridgehead atoms. The molecule has 5 nitrogen and oxygen atoms in total. The van der Waals surface area contributed by atoms with Crippen molar-refractivity contribution in [3.05, 3.63) is 35.4 Å². The SMILES string of the molecule is CC1CC(CN)CN1C(=O)c1ccc(CNC(=O)C(C)(C)C)cc1.Cl. The Hall–Kier alpha value is -1.59. The van der Waals surface area contributed by atoms with Gasteiger partial charge in [-0.1, -0.05) is 32.9 Å². The molecule has 0 spiro atoms. The molecule has 2 unspecified atom stereocenters. The molecule has 1 aliphatic heterocycles. The van der Waals surface area contributed by atoms with E-state index in [4.69, 9.17) is 5.73 Å². The van der Waals surface area contributed by atoms with E-state index in [1.807, 2.05) is 49.9 Å². The van der Waals surface area contributed by atoms with Gasteiger partial charge in [-0.25, -0.2) is 0 Å². The van der Waals surface area contributed by atoms with Crippen LogP contribution in [-0.4, -0.2) is 35.8 Å². The summed E-state index contributed by atoms with van der Waals surface area (Å²) in [4.78, 5) is 26.5. The Morgan fingerprint density at radius 2 is 1.84 bits per heavy atom. The minimum atomic E-state index is -0.401. The molecule has 2 atom stereocenters. The van der Waals surface area contributed by atoms with Crippen molar-refractivity contribution in [2.75, 3.05) is 13.1 Å². The van der Waals surface area contributed by atoms with Crippen LogP contribution in [0.4, 0.5) is 0 Å². The summed E-state index contributed by atoms with van der Waals surface area (Å²) in [5.41, 5.74) is 7.00. The lowest BCUT2D eigenvalue weighted by Gasteiger charge is -2.22. The highest BCUT2D eigenvalue weighted by atomic mass is 35.5. The van der Waals surface area contributed by atoms with Crippen LogP contribution in [0.5, 0.6) is 0 Å². The van der Waals surface area contributed by atoms with Gasteiger partial charge in [0.2, 0.25) is 5.91 Å². The van der Waals surface area contributed by atoms with Gasteiger partial charge in [0.1, 0.15) is 0 Å². The van der Waals surface area contributed by atoms with E-state index < -0.39 is 5.41 Å². The second-order valence-corrected chi connectivity index (χ2v) is 7.77. The van der Waals surface area contributed by atoms with Gasteiger partial charge in [-0.15, -0.1) is 12.4 Å². The molecule has 1 aromatic rings. The molecule has 3 N–H and O–H groups in total. The van der Waals surface area contributed by atoms with Crippen LogP contribution >= 0.6 is 12.4 Å². The molecule has 1 heterocycles. The first kappa shape index (κ1) is 21.5. The van der Waals surface area contributed by atoms with E-state index in [-0.39, 0.29) is 30.3 Å². The van der Waals surface area contributed by atoms with E-state index in [1.165, 1.54) is 0 Å². The Bertz CT molecular complexity index is 596. The minimum Gasteiger partial charge on any atom is -0.352 e. The van der Waals surface area contributed by atoms with Gasteiger partial charge in [0, 0.05) is 30.1 Å². The fourth-order valence-corrected chi connectivity index (χ4v) is 2.97. The van der Waals surface area contributed by atoms with Gasteiger partial charge < -0.3 is 16.0 Å². The van der Waals surface area contributed by atoms with Crippen LogP contribution in [0.2, 0.25) is 0 Å². The van der Waals surface area contributed by atoms with Crippen LogP contribution in [0, 0.1) is 11.3 Å². The van der Waals surface area contributed by atoms with E-state index >= 15 is 0 Å². The van der Waals surface area contributed by atoms with Crippen LogP contribution in [-0.2, 0) is 11.3 Å². The maximum absolute atomic E-state index is 12.6. The first-order valence-corrected chi connectivity index (χ1v) is 8.60. The lowest BCUT2D eigenvalue weighted by atomic mass is 9.95. The molecule has 1 aromatic carbocycles. The van der Waals surface area contributed by atoms with Crippen molar-refractivity contribution in [2.45, 2.75) is 46.7 Å². The summed E-state index contributed by atoms with van der Waals surface area (Å²) in [6.07, 6.45) is 0.971. The number of hydrogen-bond acceptors (Lipinski definition) is 3. The van der Waals surface area contributed by atoms with Crippen LogP contribution in [0.3, 0.4) is 0 Å². The van der Waals surface area contributed by atoms with Crippen molar-refractivity contribution in [3.63, 3.8) is 0 Å². The Labute approximate surface area is 156 Å². The van der Waals surface area contributed by atoms with Gasteiger partial charge in [-0.05, 0) is 43.5 Å². The predicted octanol–water partition coefficient (Wildman–Crippen LogP) is 2.58. The van der Waals surface area contributed by atoms with Gasteiger partial charge >= 0.3 is 0 Å². The summed E-state index contributed by atoms with van der Waals surface area (Å²) in [7, 11) is 0. The first-order chi connectivity index (χ1) is 11.2. The van der Waals surface area contributed by atoms with Crippen molar-refractivity contribution in [3.8, 4) is 0 Å². The summed E-state index contributed by atoms with van der Waals surface area (Å²) < 4.78 is 0. The number of nitrogens with one attached hydrogen (secondary N) is 1. The summed E-state index contributed by atoms with van der Waals surface area (Å²) >= 11 is 0. The highest BCUT2D eigenvalue weighted by Crippen LogP contribution is 2.24. The Kier molecular flexibility index (Phi) is 7.44. The van der Waals surface area contributed by atoms with Gasteiger partial charge in [-0.2, -0.15) is 0 Å². The second kappa shape index (κ2) is 8.68. The molecule has 2 amide bonds. The standard InChI is InChI=1S/C19H29N3O2.ClH/c1-13-9-15(10-20)12-22(13)17(23)16-7-5-14(6-8-16)11-21-18(24)19(2,3)4;/h5-8,13,15H,9-12,20H2,1-4H3,(H,21,24);1H. The van der Waals surface area contributed by atoms with E-state index in [2.05, 4.69) is 12.2 Å². The van der Waals surface area contributed by atoms with Gasteiger partial charge in [0.25, 0.3) is 5.91 Å². The molecule has 140 valence electrons. The topological polar surface area (TPSA) is 75.4 Å². The molecule has 2 rings (SSSR count). The zero-order valence-electron chi connectivity index (χ0n) is 15.5. The highest BCUT2D eigenvalue weighted by Gasteiger charge is 2.32. The zero-order valence-corrected chi connectivity index (χ0v) is 16.4. The molecule has 1 aliphatic rings. The molecule has 1 saturated heterocycles. The lowest BCUT2D eigenvalue weighted by molar-refractivity contribution is -0.128. The molecular weight excluding hydrogens is 338 g/mol. The average molecular weight is 368 g/mol. The molecule has 6 heteroatoms. The van der Waals surface area contributed by atoms with Gasteiger partial charge in [0.15, 0.2) is 0 Å². The minimum absolute atomic E-state index is 0. The Morgan fingerprint density at radius 1 is 1.24 bits per heavy atom. The number of amides is 2. The second-order valence-electron chi connectivity index (χ2n) is 7.77. The van der Waals surface area contributed by atoms with Crippen molar-refractivity contribution < 1.29 is 9.59 Å². The van der Waals surface area contributed by atoms with Crippen molar-refractivity contribution in [1.82, 2.24) is 10.2 Å². The normalized spacial score (nSPS) is 20.1. The number of nitrogens with two attached hydrogens (primary N) is 1. The molecule has 0 aliphatic carbocycles. The predicted molar refractivity (Wildman–Crippen MR) is 103 cm³/mol. The zero-order chi connectivity index (χ0) is 17.9. The first-order valence-electron chi connectivity index (χ1n) is 8.60. The van der Waals surface area contributed by atoms with E-state index in [0.29, 0.717) is 24.6 Å². The molecule has 0 saturated carbocycles. The monoisotopic (exact) mass is 367 g/mol. The fraction of sp³-hybridized carbons (Fsp3) is 0.579. The molecule has 0 radical (unpaired) electrons. The summed E-state index contributed by atoms with van der Waals surface area (Å²) in [6.45, 7) is 9.56. The van der Waals surface area contributed by atoms with Gasteiger partial charge in [0.05, 0.1) is 0 Å². The van der Waals surface area contributed by atoms with E-state index in [0.717, 1.165) is 18.5 Å². The number of halogens is 1. The number of nitrogens with zero attached hydrogens (tertiary/aromatic N) is 1. The number of hydrogen-bond donors (Lipinski definition) is 2. The van der Waals surface area contributed by atoms with Crippen LogP contribution in [0.15, 0.2) is 24.3 Å². The third-order valence-electron chi connectivity index (χ3n) is 4.59. The highest BCUT2D eigenvalue weighted by molar-refractivity contribution is 5.94. The number of rotatable bonds is 4. The van der Waals surface area contributed by atoms with Crippen LogP contribution in [0.1, 0.15) is 50.0 Å². The molecule has 25 heavy (non-hydrogen) atoms. The van der Waals surface area contributed by atoms with E-state index in [1.54, 1.807) is 0 Å². The number of carbonyl (C=O) groups is 2. The lowest BCUT2D eigenvalue weighted by Crippen LogP contribution is -2.35. The number of carbonyl (C=O) groups excluding carboxylic acids is 2. The Balaban J connectivity index is 0.00000312. The number of benzene rings is 1. The smallest absolute Gasteiger partial charge is 0.254 e. The van der Waals surface area contributed by atoms with Crippen LogP contribution in [0.25, 0.3) is 0 Å². The molecule has 0 aromatic heterocycles. The largest absolute Gasteiger partial charge is 0.352 e. The van der Waals surface area contributed by atoms with Crippen LogP contribution < -0.4 is 11.1 Å². The summed E-state index contributed by atoms with van der Waals surface area (Å²) in [6, 6.07) is 7.71. The maximum Gasteiger partial charge on any atom is 0.254 e. The summed E-state index contributed by atoms with van der Waals surface area (Å²) in [5, 5.41) is 2.91. The third-order valence-corrected chi connectivity index (χ3v) is 4.59. The van der Waals surface area contributed by atoms with Crippen molar-refractivity contribution in [1.29, 1.82) is 0 Å². The summed E-state index contributed by atoms with van der Waals surface area (Å²) in [5.74, 6) is 0.473. The van der Waals surface area contributed by atoms with E-state index in [9.17, 15) is 9.59 Å². The van der Waals surface area contributed by atoms with Crippen molar-refractivity contribution >= 4 is 24.2 Å². The molecule has 1 fully saturated rings. The van der Waals surface area contributed by atoms with Gasteiger partial charge in [-0.3, -0.25) is 9.59 Å². The fourth-order valence-electron chi connectivity index (χ4n) is 2.97. The Morgan fingerprint density at radius 3 is 2.32 bits per heavy atom. The maximum atomic E-state index is 12.6. The number of likely N-dealkylation sites (tertiary alicyclic amines) is 1. The third kappa shape index (κ3) is 5.44.